The van der Waals surface area contributed by atoms with E-state index in [0.717, 1.165) is 11.1 Å². The Balaban J connectivity index is 1.51. The van der Waals surface area contributed by atoms with Gasteiger partial charge in [0, 0.05) is 13.1 Å². The second-order valence-corrected chi connectivity index (χ2v) is 9.73. The molecule has 1 saturated heterocycles. The minimum absolute atomic E-state index is 0.192. The van der Waals surface area contributed by atoms with E-state index in [0.29, 0.717) is 53.5 Å². The third-order valence-corrected chi connectivity index (χ3v) is 7.80. The Bertz CT molecular complexity index is 1070. The zero-order chi connectivity index (χ0) is 21.5. The Morgan fingerprint density at radius 1 is 1.10 bits per heavy atom. The summed E-state index contributed by atoms with van der Waals surface area (Å²) >= 11 is 0. The maximum Gasteiger partial charge on any atom is 0.244 e. The monoisotopic (exact) mass is 430 g/mol. The minimum Gasteiger partial charge on any atom is -0.454 e. The van der Waals surface area contributed by atoms with Crippen molar-refractivity contribution in [2.75, 3.05) is 13.3 Å². The van der Waals surface area contributed by atoms with Crippen molar-refractivity contribution in [3.8, 4) is 11.5 Å². The molecule has 1 fully saturated rings. The van der Waals surface area contributed by atoms with Crippen molar-refractivity contribution in [2.45, 2.75) is 51.1 Å². The molecule has 0 spiro atoms. The van der Waals surface area contributed by atoms with E-state index >= 15 is 0 Å². The zero-order valence-corrected chi connectivity index (χ0v) is 18.2. The van der Waals surface area contributed by atoms with Crippen LogP contribution in [0.2, 0.25) is 0 Å². The number of carbonyl (C=O) groups is 1. The Kier molecular flexibility index (Phi) is 5.46. The van der Waals surface area contributed by atoms with Gasteiger partial charge in [0.05, 0.1) is 4.90 Å². The van der Waals surface area contributed by atoms with Gasteiger partial charge in [-0.1, -0.05) is 23.8 Å². The van der Waals surface area contributed by atoms with E-state index < -0.39 is 16.1 Å². The van der Waals surface area contributed by atoms with Crippen LogP contribution >= 0.6 is 0 Å². The van der Waals surface area contributed by atoms with E-state index in [4.69, 9.17) is 9.47 Å². The average Bonchev–Trinajstić information content (AvgIpc) is 3.34. The molecule has 7 nitrogen and oxygen atoms in total. The molecule has 1 N–H and O–H groups in total. The molecule has 2 aliphatic rings. The standard InChI is InChI=1S/C22H26N2O5S/c1-14-9-15(2)21(16(3)10-14)30(26,27)24-8-4-5-18(24)22(25)23-12-17-6-7-19-20(11-17)29-13-28-19/h6-7,9-11,18H,4-5,8,12-13H2,1-3H3,(H,23,25). The fourth-order valence-electron chi connectivity index (χ4n) is 4.34. The lowest BCUT2D eigenvalue weighted by molar-refractivity contribution is -0.124. The van der Waals surface area contributed by atoms with Gasteiger partial charge in [-0.3, -0.25) is 4.79 Å². The summed E-state index contributed by atoms with van der Waals surface area (Å²) in [6, 6.07) is 8.51. The predicted molar refractivity (Wildman–Crippen MR) is 112 cm³/mol. The Hall–Kier alpha value is -2.58. The molecule has 160 valence electrons. The van der Waals surface area contributed by atoms with Gasteiger partial charge in [0.2, 0.25) is 22.7 Å². The van der Waals surface area contributed by atoms with E-state index in [1.807, 2.05) is 31.2 Å². The number of nitrogens with one attached hydrogen (secondary N) is 1. The number of amides is 1. The van der Waals surface area contributed by atoms with Gasteiger partial charge in [-0.05, 0) is 62.4 Å². The molecule has 0 aromatic heterocycles. The highest BCUT2D eigenvalue weighted by atomic mass is 32.2. The van der Waals surface area contributed by atoms with E-state index in [2.05, 4.69) is 5.32 Å². The first-order valence-corrected chi connectivity index (χ1v) is 11.5. The van der Waals surface area contributed by atoms with E-state index in [9.17, 15) is 13.2 Å². The van der Waals surface area contributed by atoms with Crippen molar-refractivity contribution in [3.05, 3.63) is 52.6 Å². The van der Waals surface area contributed by atoms with Crippen LogP contribution in [-0.4, -0.2) is 38.0 Å². The van der Waals surface area contributed by atoms with E-state index in [1.54, 1.807) is 19.9 Å². The summed E-state index contributed by atoms with van der Waals surface area (Å²) < 4.78 is 38.9. The summed E-state index contributed by atoms with van der Waals surface area (Å²) in [5, 5.41) is 2.88. The molecule has 2 aromatic rings. The van der Waals surface area contributed by atoms with Crippen molar-refractivity contribution in [3.63, 3.8) is 0 Å². The molecule has 4 rings (SSSR count). The molecule has 0 aliphatic carbocycles. The van der Waals surface area contributed by atoms with Gasteiger partial charge in [0.15, 0.2) is 11.5 Å². The van der Waals surface area contributed by atoms with Crippen molar-refractivity contribution in [1.82, 2.24) is 9.62 Å². The topological polar surface area (TPSA) is 84.9 Å². The Morgan fingerprint density at radius 2 is 1.80 bits per heavy atom. The van der Waals surface area contributed by atoms with Crippen molar-refractivity contribution in [2.24, 2.45) is 0 Å². The number of sulfonamides is 1. The number of ether oxygens (including phenoxy) is 2. The van der Waals surface area contributed by atoms with Crippen LogP contribution in [0.5, 0.6) is 11.5 Å². The summed E-state index contributed by atoms with van der Waals surface area (Å²) in [6.07, 6.45) is 1.17. The normalized spacial score (nSPS) is 18.6. The molecule has 0 bridgehead atoms. The number of fused-ring (bicyclic) bond motifs is 1. The number of carbonyl (C=O) groups excluding carboxylic acids is 1. The summed E-state index contributed by atoms with van der Waals surface area (Å²) in [5.74, 6) is 1.05. The lowest BCUT2D eigenvalue weighted by Gasteiger charge is -2.25. The van der Waals surface area contributed by atoms with Crippen LogP contribution in [0.3, 0.4) is 0 Å². The minimum atomic E-state index is -3.77. The molecule has 8 heteroatoms. The molecular weight excluding hydrogens is 404 g/mol. The largest absolute Gasteiger partial charge is 0.454 e. The molecule has 1 amide bonds. The van der Waals surface area contributed by atoms with Gasteiger partial charge in [-0.25, -0.2) is 8.42 Å². The van der Waals surface area contributed by atoms with Crippen LogP contribution in [0.15, 0.2) is 35.2 Å². The zero-order valence-electron chi connectivity index (χ0n) is 17.4. The average molecular weight is 431 g/mol. The van der Waals surface area contributed by atoms with Crippen LogP contribution in [0, 0.1) is 20.8 Å². The van der Waals surface area contributed by atoms with Gasteiger partial charge in [0.1, 0.15) is 6.04 Å². The second kappa shape index (κ2) is 7.92. The van der Waals surface area contributed by atoms with Gasteiger partial charge in [-0.2, -0.15) is 4.31 Å². The highest BCUT2D eigenvalue weighted by molar-refractivity contribution is 7.89. The van der Waals surface area contributed by atoms with Crippen LogP contribution in [0.4, 0.5) is 0 Å². The third kappa shape index (κ3) is 3.77. The number of aryl methyl sites for hydroxylation is 3. The van der Waals surface area contributed by atoms with E-state index in [1.165, 1.54) is 4.31 Å². The Labute approximate surface area is 177 Å². The molecule has 2 aromatic carbocycles. The maximum absolute atomic E-state index is 13.4. The van der Waals surface area contributed by atoms with Crippen molar-refractivity contribution >= 4 is 15.9 Å². The Morgan fingerprint density at radius 3 is 2.53 bits per heavy atom. The highest BCUT2D eigenvalue weighted by Gasteiger charge is 2.40. The van der Waals surface area contributed by atoms with Crippen molar-refractivity contribution in [1.29, 1.82) is 0 Å². The molecular formula is C22H26N2O5S. The lowest BCUT2D eigenvalue weighted by atomic mass is 10.1. The number of rotatable bonds is 5. The maximum atomic E-state index is 13.4. The first-order valence-electron chi connectivity index (χ1n) is 10.0. The summed E-state index contributed by atoms with van der Waals surface area (Å²) in [5.41, 5.74) is 3.30. The van der Waals surface area contributed by atoms with Gasteiger partial charge in [0.25, 0.3) is 0 Å². The lowest BCUT2D eigenvalue weighted by Crippen LogP contribution is -2.45. The highest BCUT2D eigenvalue weighted by Crippen LogP contribution is 2.33. The van der Waals surface area contributed by atoms with Crippen LogP contribution < -0.4 is 14.8 Å². The van der Waals surface area contributed by atoms with E-state index in [-0.39, 0.29) is 12.7 Å². The SMILES string of the molecule is Cc1cc(C)c(S(=O)(=O)N2CCCC2C(=O)NCc2ccc3c(c2)OCO3)c(C)c1. The van der Waals surface area contributed by atoms with Crippen LogP contribution in [-0.2, 0) is 21.4 Å². The fourth-order valence-corrected chi connectivity index (χ4v) is 6.41. The second-order valence-electron chi connectivity index (χ2n) is 7.91. The summed E-state index contributed by atoms with van der Waals surface area (Å²) in [7, 11) is -3.77. The van der Waals surface area contributed by atoms with Crippen molar-refractivity contribution < 1.29 is 22.7 Å². The molecule has 2 heterocycles. The molecule has 2 aliphatic heterocycles. The molecule has 1 unspecified atom stereocenters. The summed E-state index contributed by atoms with van der Waals surface area (Å²) in [6.45, 7) is 6.38. The van der Waals surface area contributed by atoms with Gasteiger partial charge < -0.3 is 14.8 Å². The van der Waals surface area contributed by atoms with Gasteiger partial charge in [-0.15, -0.1) is 0 Å². The first-order chi connectivity index (χ1) is 14.3. The van der Waals surface area contributed by atoms with Crippen LogP contribution in [0.1, 0.15) is 35.1 Å². The fraction of sp³-hybridized carbons (Fsp3) is 0.409. The number of benzene rings is 2. The number of nitrogens with zero attached hydrogens (tertiary/aromatic N) is 1. The smallest absolute Gasteiger partial charge is 0.244 e. The predicted octanol–water partition coefficient (Wildman–Crippen LogP) is 2.81. The molecule has 0 saturated carbocycles. The first kappa shape index (κ1) is 20.7. The van der Waals surface area contributed by atoms with Crippen LogP contribution in [0.25, 0.3) is 0 Å². The number of hydrogen-bond acceptors (Lipinski definition) is 5. The molecule has 0 radical (unpaired) electrons. The van der Waals surface area contributed by atoms with Gasteiger partial charge >= 0.3 is 0 Å². The third-order valence-electron chi connectivity index (χ3n) is 5.58. The summed E-state index contributed by atoms with van der Waals surface area (Å²) in [4.78, 5) is 13.2. The molecule has 30 heavy (non-hydrogen) atoms. The number of hydrogen-bond donors (Lipinski definition) is 1. The quantitative estimate of drug-likeness (QED) is 0.789. The molecule has 1 atom stereocenters.